The number of aliphatic hydroxyl groups is 1. The summed E-state index contributed by atoms with van der Waals surface area (Å²) in [6, 6.07) is 8.61. The Morgan fingerprint density at radius 3 is 2.85 bits per heavy atom. The van der Waals surface area contributed by atoms with Gasteiger partial charge in [-0.1, -0.05) is 11.2 Å². The molecular weight excluding hydrogens is 336 g/mol. The molecule has 3 rings (SSSR count). The van der Waals surface area contributed by atoms with Crippen molar-refractivity contribution in [3.8, 4) is 17.3 Å². The lowest BCUT2D eigenvalue weighted by molar-refractivity contribution is 0.0998. The molecule has 26 heavy (non-hydrogen) atoms. The Hall–Kier alpha value is -3.26. The molecule has 1 amide bonds. The van der Waals surface area contributed by atoms with Gasteiger partial charge in [0.05, 0.1) is 22.5 Å². The Kier molecular flexibility index (Phi) is 5.23. The van der Waals surface area contributed by atoms with Crippen molar-refractivity contribution in [2.45, 2.75) is 20.0 Å². The number of rotatable bonds is 7. The number of aliphatic hydroxyl groups excluding tert-OH is 1. The predicted octanol–water partition coefficient (Wildman–Crippen LogP) is 1.65. The molecule has 0 fully saturated rings. The zero-order valence-electron chi connectivity index (χ0n) is 14.2. The SMILES string of the molecule is Cc1onc(-c2ccccn2)c1COc1ccc(C(N)=O)c(CCO)n1. The number of carbonyl (C=O) groups excluding carboxylic acids is 1. The summed E-state index contributed by atoms with van der Waals surface area (Å²) in [5.41, 5.74) is 8.02. The Bertz CT molecular complexity index is 909. The molecule has 0 aliphatic rings. The maximum Gasteiger partial charge on any atom is 0.250 e. The molecule has 3 N–H and O–H groups in total. The first kappa shape index (κ1) is 17.6. The van der Waals surface area contributed by atoms with E-state index >= 15 is 0 Å². The van der Waals surface area contributed by atoms with Crippen molar-refractivity contribution in [2.75, 3.05) is 6.61 Å². The Morgan fingerprint density at radius 2 is 2.15 bits per heavy atom. The van der Waals surface area contributed by atoms with Gasteiger partial charge in [-0.15, -0.1) is 0 Å². The smallest absolute Gasteiger partial charge is 0.250 e. The van der Waals surface area contributed by atoms with Crippen LogP contribution in [0.1, 0.15) is 27.4 Å². The molecule has 8 nitrogen and oxygen atoms in total. The van der Waals surface area contributed by atoms with E-state index in [0.717, 1.165) is 5.56 Å². The zero-order chi connectivity index (χ0) is 18.5. The van der Waals surface area contributed by atoms with E-state index < -0.39 is 5.91 Å². The number of primary amides is 1. The topological polar surface area (TPSA) is 124 Å². The number of amides is 1. The normalized spacial score (nSPS) is 10.7. The number of hydrogen-bond donors (Lipinski definition) is 2. The lowest BCUT2D eigenvalue weighted by Crippen LogP contribution is -2.16. The van der Waals surface area contributed by atoms with Crippen LogP contribution in [0.3, 0.4) is 0 Å². The molecule has 0 saturated carbocycles. The predicted molar refractivity (Wildman–Crippen MR) is 92.3 cm³/mol. The molecule has 3 heterocycles. The summed E-state index contributed by atoms with van der Waals surface area (Å²) in [6.07, 6.45) is 1.89. The van der Waals surface area contributed by atoms with Crippen molar-refractivity contribution >= 4 is 5.91 Å². The Balaban J connectivity index is 1.83. The van der Waals surface area contributed by atoms with Crippen LogP contribution in [0.15, 0.2) is 41.1 Å². The van der Waals surface area contributed by atoms with E-state index in [1.54, 1.807) is 19.2 Å². The first-order chi connectivity index (χ1) is 12.6. The first-order valence-electron chi connectivity index (χ1n) is 8.00. The molecule has 0 aromatic carbocycles. The molecule has 0 bridgehead atoms. The molecule has 0 saturated heterocycles. The number of aromatic nitrogens is 3. The van der Waals surface area contributed by atoms with E-state index in [9.17, 15) is 4.79 Å². The maximum absolute atomic E-state index is 11.4. The van der Waals surface area contributed by atoms with E-state index in [2.05, 4.69) is 15.1 Å². The highest BCUT2D eigenvalue weighted by Crippen LogP contribution is 2.25. The maximum atomic E-state index is 11.4. The van der Waals surface area contributed by atoms with Gasteiger partial charge in [0.25, 0.3) is 5.91 Å². The van der Waals surface area contributed by atoms with Gasteiger partial charge in [-0.05, 0) is 25.1 Å². The van der Waals surface area contributed by atoms with Crippen LogP contribution >= 0.6 is 0 Å². The van der Waals surface area contributed by atoms with Gasteiger partial charge in [0.15, 0.2) is 0 Å². The van der Waals surface area contributed by atoms with E-state index in [4.69, 9.17) is 20.1 Å². The second-order valence-corrected chi connectivity index (χ2v) is 5.55. The molecular formula is C18H18N4O4. The number of ether oxygens (including phenoxy) is 1. The molecule has 3 aromatic heterocycles. The quantitative estimate of drug-likeness (QED) is 0.661. The van der Waals surface area contributed by atoms with Crippen LogP contribution in [0.2, 0.25) is 0 Å². The molecule has 8 heteroatoms. The summed E-state index contributed by atoms with van der Waals surface area (Å²) in [6.45, 7) is 1.81. The van der Waals surface area contributed by atoms with Crippen molar-refractivity contribution < 1.29 is 19.2 Å². The van der Waals surface area contributed by atoms with Gasteiger partial charge < -0.3 is 20.1 Å². The van der Waals surface area contributed by atoms with Crippen LogP contribution in [-0.4, -0.2) is 32.7 Å². The molecule has 3 aromatic rings. The van der Waals surface area contributed by atoms with Crippen LogP contribution < -0.4 is 10.5 Å². The third-order valence-corrected chi connectivity index (χ3v) is 3.82. The van der Waals surface area contributed by atoms with E-state index in [0.29, 0.717) is 28.7 Å². The van der Waals surface area contributed by atoms with E-state index in [1.807, 2.05) is 18.2 Å². The summed E-state index contributed by atoms with van der Waals surface area (Å²) in [7, 11) is 0. The fourth-order valence-corrected chi connectivity index (χ4v) is 2.49. The summed E-state index contributed by atoms with van der Waals surface area (Å²) >= 11 is 0. The average molecular weight is 354 g/mol. The van der Waals surface area contributed by atoms with Gasteiger partial charge >= 0.3 is 0 Å². The monoisotopic (exact) mass is 354 g/mol. The first-order valence-corrected chi connectivity index (χ1v) is 8.00. The van der Waals surface area contributed by atoms with E-state index in [1.165, 1.54) is 6.07 Å². The van der Waals surface area contributed by atoms with Gasteiger partial charge in [-0.3, -0.25) is 9.78 Å². The Morgan fingerprint density at radius 1 is 1.31 bits per heavy atom. The van der Waals surface area contributed by atoms with Crippen LogP contribution in [0.5, 0.6) is 5.88 Å². The third-order valence-electron chi connectivity index (χ3n) is 3.82. The standard InChI is InChI=1S/C18H18N4O4/c1-11-13(17(22-26-11)15-4-2-3-8-20-15)10-25-16-6-5-12(18(19)24)14(21-16)7-9-23/h2-6,8,23H,7,9-10H2,1H3,(H2,19,24). The lowest BCUT2D eigenvalue weighted by Gasteiger charge is -2.09. The van der Waals surface area contributed by atoms with Gasteiger partial charge in [-0.2, -0.15) is 0 Å². The van der Waals surface area contributed by atoms with Gasteiger partial charge in [0.1, 0.15) is 18.1 Å². The molecule has 0 radical (unpaired) electrons. The van der Waals surface area contributed by atoms with Crippen LogP contribution in [0.4, 0.5) is 0 Å². The van der Waals surface area contributed by atoms with Crippen molar-refractivity contribution in [3.63, 3.8) is 0 Å². The van der Waals surface area contributed by atoms with Crippen LogP contribution in [-0.2, 0) is 13.0 Å². The number of aryl methyl sites for hydroxylation is 1. The largest absolute Gasteiger partial charge is 0.473 e. The molecule has 134 valence electrons. The van der Waals surface area contributed by atoms with E-state index in [-0.39, 0.29) is 25.2 Å². The van der Waals surface area contributed by atoms with Gasteiger partial charge in [0, 0.05) is 25.3 Å². The Labute approximate surface area is 149 Å². The second kappa shape index (κ2) is 7.75. The van der Waals surface area contributed by atoms with Crippen molar-refractivity contribution in [3.05, 3.63) is 59.1 Å². The van der Waals surface area contributed by atoms with Crippen molar-refractivity contribution in [2.24, 2.45) is 5.73 Å². The number of pyridine rings is 2. The average Bonchev–Trinajstić information content (AvgIpc) is 3.01. The fraction of sp³-hybridized carbons (Fsp3) is 0.222. The van der Waals surface area contributed by atoms with Gasteiger partial charge in [-0.25, -0.2) is 4.98 Å². The molecule has 0 spiro atoms. The summed E-state index contributed by atoms with van der Waals surface area (Å²) in [4.78, 5) is 20.0. The highest BCUT2D eigenvalue weighted by Gasteiger charge is 2.17. The zero-order valence-corrected chi connectivity index (χ0v) is 14.2. The summed E-state index contributed by atoms with van der Waals surface area (Å²) in [5.74, 6) is 0.334. The highest BCUT2D eigenvalue weighted by molar-refractivity contribution is 5.93. The van der Waals surface area contributed by atoms with Crippen LogP contribution in [0.25, 0.3) is 11.4 Å². The lowest BCUT2D eigenvalue weighted by atomic mass is 10.1. The minimum absolute atomic E-state index is 0.148. The third kappa shape index (κ3) is 3.70. The molecule has 0 unspecified atom stereocenters. The number of carbonyl (C=O) groups is 1. The fourth-order valence-electron chi connectivity index (χ4n) is 2.49. The highest BCUT2D eigenvalue weighted by atomic mass is 16.5. The number of nitrogens with two attached hydrogens (primary N) is 1. The minimum atomic E-state index is -0.597. The molecule has 0 aliphatic heterocycles. The molecule has 0 atom stereocenters. The minimum Gasteiger partial charge on any atom is -0.473 e. The number of nitrogens with zero attached hydrogens (tertiary/aromatic N) is 3. The molecule has 0 aliphatic carbocycles. The second-order valence-electron chi connectivity index (χ2n) is 5.55. The van der Waals surface area contributed by atoms with Crippen molar-refractivity contribution in [1.29, 1.82) is 0 Å². The van der Waals surface area contributed by atoms with Gasteiger partial charge in [0.2, 0.25) is 5.88 Å². The summed E-state index contributed by atoms with van der Waals surface area (Å²) in [5, 5.41) is 13.2. The van der Waals surface area contributed by atoms with Crippen molar-refractivity contribution in [1.82, 2.24) is 15.1 Å². The van der Waals surface area contributed by atoms with Crippen LogP contribution in [0, 0.1) is 6.92 Å². The summed E-state index contributed by atoms with van der Waals surface area (Å²) < 4.78 is 11.0. The number of hydrogen-bond acceptors (Lipinski definition) is 7.